The number of rotatable bonds is 5. The summed E-state index contributed by atoms with van der Waals surface area (Å²) < 4.78 is 5.48. The summed E-state index contributed by atoms with van der Waals surface area (Å²) in [7, 11) is 0. The van der Waals surface area contributed by atoms with Crippen molar-refractivity contribution in [3.05, 3.63) is 64.7 Å². The molecule has 1 aliphatic heterocycles. The first-order chi connectivity index (χ1) is 10.3. The highest BCUT2D eigenvalue weighted by Gasteiger charge is 2.16. The summed E-state index contributed by atoms with van der Waals surface area (Å²) in [6.07, 6.45) is 4.36. The van der Waals surface area contributed by atoms with Crippen molar-refractivity contribution in [1.29, 1.82) is 0 Å². The zero-order valence-electron chi connectivity index (χ0n) is 12.4. The number of carbonyl (C=O) groups excluding carboxylic acids is 1. The minimum Gasteiger partial charge on any atom is -0.493 e. The Morgan fingerprint density at radius 2 is 1.86 bits per heavy atom. The summed E-state index contributed by atoms with van der Waals surface area (Å²) in [5.41, 5.74) is 3.95. The fourth-order valence-electron chi connectivity index (χ4n) is 2.70. The Kier molecular flexibility index (Phi) is 4.05. The molecule has 0 fully saturated rings. The summed E-state index contributed by atoms with van der Waals surface area (Å²) in [5, 5.41) is 0. The zero-order chi connectivity index (χ0) is 14.7. The van der Waals surface area contributed by atoms with Gasteiger partial charge in [0.2, 0.25) is 0 Å². The van der Waals surface area contributed by atoms with Gasteiger partial charge in [0.25, 0.3) is 0 Å². The molecule has 2 nitrogen and oxygen atoms in total. The normalized spacial score (nSPS) is 12.8. The second-order valence-corrected chi connectivity index (χ2v) is 5.55. The molecule has 0 spiro atoms. The summed E-state index contributed by atoms with van der Waals surface area (Å²) in [6, 6.07) is 13.8. The first kappa shape index (κ1) is 13.9. The molecule has 0 aromatic heterocycles. The van der Waals surface area contributed by atoms with Gasteiger partial charge in [0.1, 0.15) is 5.75 Å². The highest BCUT2D eigenvalue weighted by molar-refractivity contribution is 6.09. The first-order valence-electron chi connectivity index (χ1n) is 7.67. The van der Waals surface area contributed by atoms with E-state index in [0.29, 0.717) is 0 Å². The molecule has 0 atom stereocenters. The Morgan fingerprint density at radius 1 is 1.10 bits per heavy atom. The highest BCUT2D eigenvalue weighted by atomic mass is 16.5. The molecule has 0 unspecified atom stereocenters. The van der Waals surface area contributed by atoms with Crippen molar-refractivity contribution in [3.8, 4) is 5.75 Å². The molecule has 2 heteroatoms. The molecule has 2 aromatic carbocycles. The van der Waals surface area contributed by atoms with Crippen LogP contribution in [-0.2, 0) is 12.8 Å². The van der Waals surface area contributed by atoms with E-state index >= 15 is 0 Å². The van der Waals surface area contributed by atoms with Crippen molar-refractivity contribution >= 4 is 5.78 Å². The molecule has 1 aliphatic rings. The largest absolute Gasteiger partial charge is 0.493 e. The van der Waals surface area contributed by atoms with Gasteiger partial charge in [-0.2, -0.15) is 0 Å². The van der Waals surface area contributed by atoms with Crippen molar-refractivity contribution in [1.82, 2.24) is 0 Å². The van der Waals surface area contributed by atoms with Crippen molar-refractivity contribution in [2.45, 2.75) is 32.6 Å². The topological polar surface area (TPSA) is 26.3 Å². The molecule has 0 aliphatic carbocycles. The van der Waals surface area contributed by atoms with E-state index in [-0.39, 0.29) is 5.78 Å². The lowest BCUT2D eigenvalue weighted by molar-refractivity contribution is 0.103. The molecule has 0 saturated heterocycles. The van der Waals surface area contributed by atoms with Gasteiger partial charge in [-0.1, -0.05) is 37.6 Å². The van der Waals surface area contributed by atoms with Gasteiger partial charge in [-0.05, 0) is 42.2 Å². The van der Waals surface area contributed by atoms with Crippen LogP contribution in [0.2, 0.25) is 0 Å². The lowest BCUT2D eigenvalue weighted by Gasteiger charge is -2.05. The van der Waals surface area contributed by atoms with E-state index < -0.39 is 0 Å². The number of ether oxygens (including phenoxy) is 1. The van der Waals surface area contributed by atoms with E-state index in [4.69, 9.17) is 4.74 Å². The SMILES string of the molecule is CCCCc1ccc(C(=O)c2ccc3c(c2)CCO3)cc1. The smallest absolute Gasteiger partial charge is 0.193 e. The molecular formula is C19H20O2. The molecule has 0 N–H and O–H groups in total. The molecule has 0 bridgehead atoms. The molecule has 3 rings (SSSR count). The molecule has 0 radical (unpaired) electrons. The number of aryl methyl sites for hydroxylation is 1. The molecule has 0 saturated carbocycles. The van der Waals surface area contributed by atoms with Crippen LogP contribution in [0.25, 0.3) is 0 Å². The Labute approximate surface area is 125 Å². The average Bonchev–Trinajstić information content (AvgIpc) is 3.00. The maximum atomic E-state index is 12.5. The van der Waals surface area contributed by atoms with Gasteiger partial charge in [-0.25, -0.2) is 0 Å². The lowest BCUT2D eigenvalue weighted by Crippen LogP contribution is -2.02. The fraction of sp³-hybridized carbons (Fsp3) is 0.316. The predicted octanol–water partition coefficient (Wildman–Crippen LogP) is 4.20. The van der Waals surface area contributed by atoms with Crippen LogP contribution in [0, 0.1) is 0 Å². The van der Waals surface area contributed by atoms with Crippen LogP contribution >= 0.6 is 0 Å². The van der Waals surface area contributed by atoms with Gasteiger partial charge in [-0.15, -0.1) is 0 Å². The van der Waals surface area contributed by atoms with E-state index in [0.717, 1.165) is 41.9 Å². The Hall–Kier alpha value is -2.09. The van der Waals surface area contributed by atoms with Crippen molar-refractivity contribution in [2.75, 3.05) is 6.61 Å². The van der Waals surface area contributed by atoms with E-state index in [1.165, 1.54) is 18.4 Å². The third-order valence-corrected chi connectivity index (χ3v) is 3.99. The first-order valence-corrected chi connectivity index (χ1v) is 7.67. The molecule has 21 heavy (non-hydrogen) atoms. The van der Waals surface area contributed by atoms with E-state index in [2.05, 4.69) is 19.1 Å². The van der Waals surface area contributed by atoms with E-state index in [9.17, 15) is 4.79 Å². The monoisotopic (exact) mass is 280 g/mol. The van der Waals surface area contributed by atoms with Gasteiger partial charge in [0, 0.05) is 17.5 Å². The Balaban J connectivity index is 1.78. The molecular weight excluding hydrogens is 260 g/mol. The quantitative estimate of drug-likeness (QED) is 0.767. The lowest BCUT2D eigenvalue weighted by atomic mass is 9.98. The molecule has 108 valence electrons. The summed E-state index contributed by atoms with van der Waals surface area (Å²) in [5.74, 6) is 1.01. The van der Waals surface area contributed by atoms with Crippen LogP contribution in [0.1, 0.15) is 46.8 Å². The van der Waals surface area contributed by atoms with Crippen LogP contribution in [-0.4, -0.2) is 12.4 Å². The number of carbonyl (C=O) groups is 1. The van der Waals surface area contributed by atoms with Crippen molar-refractivity contribution in [2.24, 2.45) is 0 Å². The zero-order valence-corrected chi connectivity index (χ0v) is 12.4. The maximum Gasteiger partial charge on any atom is 0.193 e. The van der Waals surface area contributed by atoms with Gasteiger partial charge in [0.15, 0.2) is 5.78 Å². The third-order valence-electron chi connectivity index (χ3n) is 3.99. The van der Waals surface area contributed by atoms with Crippen LogP contribution in [0.4, 0.5) is 0 Å². The molecule has 0 amide bonds. The van der Waals surface area contributed by atoms with Gasteiger partial charge in [-0.3, -0.25) is 4.79 Å². The Morgan fingerprint density at radius 3 is 2.62 bits per heavy atom. The van der Waals surface area contributed by atoms with Crippen LogP contribution in [0.3, 0.4) is 0 Å². The third kappa shape index (κ3) is 2.99. The second kappa shape index (κ2) is 6.13. The molecule has 2 aromatic rings. The minimum absolute atomic E-state index is 0.0896. The number of hydrogen-bond donors (Lipinski definition) is 0. The van der Waals surface area contributed by atoms with Gasteiger partial charge in [0.05, 0.1) is 6.61 Å². The average molecular weight is 280 g/mol. The summed E-state index contributed by atoms with van der Waals surface area (Å²) in [4.78, 5) is 12.5. The van der Waals surface area contributed by atoms with E-state index in [1.807, 2.05) is 30.3 Å². The summed E-state index contributed by atoms with van der Waals surface area (Å²) >= 11 is 0. The van der Waals surface area contributed by atoms with Gasteiger partial charge < -0.3 is 4.74 Å². The summed E-state index contributed by atoms with van der Waals surface area (Å²) in [6.45, 7) is 2.91. The fourth-order valence-corrected chi connectivity index (χ4v) is 2.70. The van der Waals surface area contributed by atoms with Crippen LogP contribution < -0.4 is 4.74 Å². The van der Waals surface area contributed by atoms with E-state index in [1.54, 1.807) is 0 Å². The maximum absolute atomic E-state index is 12.5. The number of unbranched alkanes of at least 4 members (excludes halogenated alkanes) is 1. The Bertz CT molecular complexity index is 641. The van der Waals surface area contributed by atoms with Crippen LogP contribution in [0.5, 0.6) is 5.75 Å². The number of ketones is 1. The predicted molar refractivity (Wildman–Crippen MR) is 84.1 cm³/mol. The number of fused-ring (bicyclic) bond motifs is 1. The number of benzene rings is 2. The second-order valence-electron chi connectivity index (χ2n) is 5.55. The number of hydrogen-bond acceptors (Lipinski definition) is 2. The highest BCUT2D eigenvalue weighted by Crippen LogP contribution is 2.26. The minimum atomic E-state index is 0.0896. The van der Waals surface area contributed by atoms with Gasteiger partial charge >= 0.3 is 0 Å². The standard InChI is InChI=1S/C19H20O2/c1-2-3-4-14-5-7-15(8-6-14)19(20)17-9-10-18-16(13-17)11-12-21-18/h5-10,13H,2-4,11-12H2,1H3. The van der Waals surface area contributed by atoms with Crippen molar-refractivity contribution in [3.63, 3.8) is 0 Å². The molecule has 1 heterocycles. The van der Waals surface area contributed by atoms with Crippen molar-refractivity contribution < 1.29 is 9.53 Å². The van der Waals surface area contributed by atoms with Crippen LogP contribution in [0.15, 0.2) is 42.5 Å².